The Labute approximate surface area is 83.2 Å². The Morgan fingerprint density at radius 3 is 3.08 bits per heavy atom. The van der Waals surface area contributed by atoms with Crippen LogP contribution in [-0.4, -0.2) is 37.2 Å². The van der Waals surface area contributed by atoms with Crippen LogP contribution in [0.15, 0.2) is 0 Å². The third-order valence-electron chi connectivity index (χ3n) is 1.85. The van der Waals surface area contributed by atoms with Crippen LogP contribution in [0.25, 0.3) is 0 Å². The average Bonchev–Trinajstić information content (AvgIpc) is 2.14. The average molecular weight is 160 g/mol. The van der Waals surface area contributed by atoms with Gasteiger partial charge >= 0.3 is 82.9 Å². The van der Waals surface area contributed by atoms with Crippen molar-refractivity contribution in [2.24, 2.45) is 0 Å². The molecular weight excluding hydrogens is 147 g/mol. The zero-order valence-electron chi connectivity index (χ0n) is 7.64. The van der Waals surface area contributed by atoms with E-state index in [1.54, 1.807) is 0 Å². The van der Waals surface area contributed by atoms with Crippen molar-refractivity contribution < 1.29 is 9.47 Å². The van der Waals surface area contributed by atoms with E-state index in [0.29, 0.717) is 6.61 Å². The van der Waals surface area contributed by atoms with Gasteiger partial charge in [-0.05, 0) is 0 Å². The Hall–Kier alpha value is 0.0774. The summed E-state index contributed by atoms with van der Waals surface area (Å²) in [6.45, 7) is 1.55. The van der Waals surface area contributed by atoms with Crippen LogP contribution in [0.4, 0.5) is 0 Å². The first-order chi connectivity index (χ1) is 5.93. The van der Waals surface area contributed by atoms with Crippen molar-refractivity contribution in [2.45, 2.75) is 32.0 Å². The van der Waals surface area contributed by atoms with Crippen molar-refractivity contribution in [3.05, 3.63) is 0 Å². The molecule has 1 aliphatic rings. The fraction of sp³-hybridized carbons (Fsp3) is 0.778. The molecule has 1 aliphatic heterocycles. The fourth-order valence-electron chi connectivity index (χ4n) is 1.21. The molecule has 0 saturated carbocycles. The molecule has 1 heterocycles. The van der Waals surface area contributed by atoms with Crippen LogP contribution in [0.3, 0.4) is 0 Å². The second-order valence-electron chi connectivity index (χ2n) is 2.84. The van der Waals surface area contributed by atoms with Crippen molar-refractivity contribution in [2.75, 3.05) is 13.2 Å². The molecule has 0 aromatic heterocycles. The molecule has 0 aromatic rings. The molecule has 0 N–H and O–H groups in total. The third kappa shape index (κ3) is 4.19. The van der Waals surface area contributed by atoms with E-state index in [9.17, 15) is 0 Å². The minimum absolute atomic E-state index is 0.0393. The van der Waals surface area contributed by atoms with E-state index in [2.05, 4.69) is 10.5 Å². The number of rotatable bonds is 3. The number of hydrogen-bond donors (Lipinski definition) is 0. The van der Waals surface area contributed by atoms with Crippen LogP contribution >= 0.6 is 0 Å². The maximum absolute atomic E-state index is 5.46. The topological polar surface area (TPSA) is 18.5 Å². The summed E-state index contributed by atoms with van der Waals surface area (Å²) >= 11 is 1.84. The van der Waals surface area contributed by atoms with Gasteiger partial charge in [0.2, 0.25) is 0 Å². The van der Waals surface area contributed by atoms with Gasteiger partial charge in [0.25, 0.3) is 0 Å². The summed E-state index contributed by atoms with van der Waals surface area (Å²) in [7, 11) is 0. The standard InChI is InChI=1S/C9H13O2.Li/c1-2-3-7-10-9-6-4-5-8-11-9;/h9H,3-8H2;. The molecule has 1 saturated heterocycles. The van der Waals surface area contributed by atoms with Crippen molar-refractivity contribution in [1.82, 2.24) is 0 Å². The molecule has 0 aromatic carbocycles. The molecular formula is C9H13LiO2. The van der Waals surface area contributed by atoms with Crippen molar-refractivity contribution in [1.29, 1.82) is 0 Å². The molecule has 12 heavy (non-hydrogen) atoms. The molecule has 0 bridgehead atoms. The van der Waals surface area contributed by atoms with Gasteiger partial charge < -0.3 is 0 Å². The summed E-state index contributed by atoms with van der Waals surface area (Å²) in [5, 5.41) is 0. The molecule has 1 rings (SSSR count). The molecule has 0 spiro atoms. The van der Waals surface area contributed by atoms with Crippen LogP contribution in [-0.2, 0) is 9.47 Å². The van der Waals surface area contributed by atoms with E-state index in [1.165, 1.54) is 12.8 Å². The SMILES string of the molecule is [Li][C]#CCCOC1CCCCO1. The summed E-state index contributed by atoms with van der Waals surface area (Å²) in [4.78, 5) is 0. The monoisotopic (exact) mass is 160 g/mol. The Bertz CT molecular complexity index is 165. The third-order valence-corrected chi connectivity index (χ3v) is 1.85. The second-order valence-corrected chi connectivity index (χ2v) is 2.84. The van der Waals surface area contributed by atoms with Crippen LogP contribution in [0.2, 0.25) is 0 Å². The predicted molar refractivity (Wildman–Crippen MR) is 47.7 cm³/mol. The predicted octanol–water partition coefficient (Wildman–Crippen LogP) is 1.05. The summed E-state index contributed by atoms with van der Waals surface area (Å²) in [6, 6.07) is 0. The number of ether oxygens (including phenoxy) is 2. The molecule has 0 amide bonds. The first-order valence-corrected chi connectivity index (χ1v) is 4.56. The molecule has 1 unspecified atom stereocenters. The summed E-state index contributed by atoms with van der Waals surface area (Å²) < 4.78 is 13.7. The first-order valence-electron chi connectivity index (χ1n) is 4.56. The van der Waals surface area contributed by atoms with Gasteiger partial charge in [0, 0.05) is 0 Å². The van der Waals surface area contributed by atoms with E-state index in [-0.39, 0.29) is 6.29 Å². The first kappa shape index (κ1) is 10.2. The Morgan fingerprint density at radius 2 is 2.42 bits per heavy atom. The van der Waals surface area contributed by atoms with Crippen LogP contribution < -0.4 is 0 Å². The van der Waals surface area contributed by atoms with Gasteiger partial charge in [-0.25, -0.2) is 0 Å². The van der Waals surface area contributed by atoms with E-state index < -0.39 is 0 Å². The molecule has 1 atom stereocenters. The molecule has 0 radical (unpaired) electrons. The van der Waals surface area contributed by atoms with Crippen LogP contribution in [0.1, 0.15) is 25.7 Å². The van der Waals surface area contributed by atoms with Crippen molar-refractivity contribution in [3.8, 4) is 10.5 Å². The van der Waals surface area contributed by atoms with Crippen molar-refractivity contribution in [3.63, 3.8) is 0 Å². The van der Waals surface area contributed by atoms with Gasteiger partial charge in [0.15, 0.2) is 0 Å². The van der Waals surface area contributed by atoms with E-state index >= 15 is 0 Å². The summed E-state index contributed by atoms with van der Waals surface area (Å²) in [6.07, 6.45) is 4.30. The van der Waals surface area contributed by atoms with Gasteiger partial charge in [-0.3, -0.25) is 0 Å². The van der Waals surface area contributed by atoms with Crippen LogP contribution in [0, 0.1) is 10.5 Å². The maximum atomic E-state index is 5.46. The zero-order chi connectivity index (χ0) is 8.65. The van der Waals surface area contributed by atoms with E-state index in [0.717, 1.165) is 19.4 Å². The normalized spacial score (nSPS) is 23.0. The van der Waals surface area contributed by atoms with E-state index in [1.807, 2.05) is 17.7 Å². The number of hydrogen-bond acceptors (Lipinski definition) is 2. The van der Waals surface area contributed by atoms with Gasteiger partial charge in [0.1, 0.15) is 0 Å². The van der Waals surface area contributed by atoms with E-state index in [4.69, 9.17) is 9.47 Å². The van der Waals surface area contributed by atoms with Gasteiger partial charge in [-0.15, -0.1) is 0 Å². The fourth-order valence-corrected chi connectivity index (χ4v) is 1.21. The molecule has 0 aliphatic carbocycles. The quantitative estimate of drug-likeness (QED) is 0.349. The Balaban J connectivity index is 2.00. The Morgan fingerprint density at radius 1 is 1.50 bits per heavy atom. The summed E-state index contributed by atoms with van der Waals surface area (Å²) in [5.74, 6) is 2.96. The van der Waals surface area contributed by atoms with Gasteiger partial charge in [0.05, 0.1) is 0 Å². The molecule has 1 fully saturated rings. The zero-order valence-corrected chi connectivity index (χ0v) is 7.64. The summed E-state index contributed by atoms with van der Waals surface area (Å²) in [5.41, 5.74) is 0. The van der Waals surface area contributed by atoms with Crippen molar-refractivity contribution >= 4 is 17.7 Å². The molecule has 2 nitrogen and oxygen atoms in total. The molecule has 3 heteroatoms. The van der Waals surface area contributed by atoms with Crippen LogP contribution in [0.5, 0.6) is 0 Å². The van der Waals surface area contributed by atoms with Gasteiger partial charge in [-0.2, -0.15) is 0 Å². The van der Waals surface area contributed by atoms with Gasteiger partial charge in [-0.1, -0.05) is 0 Å². The molecule has 62 valence electrons. The second kappa shape index (κ2) is 6.58. The minimum atomic E-state index is 0.0393. The Kier molecular flexibility index (Phi) is 5.57.